The van der Waals surface area contributed by atoms with Crippen LogP contribution in [0.2, 0.25) is 5.02 Å². The molecule has 96 valence electrons. The van der Waals surface area contributed by atoms with Gasteiger partial charge in [-0.3, -0.25) is 4.90 Å². The van der Waals surface area contributed by atoms with Gasteiger partial charge in [0.1, 0.15) is 5.75 Å². The van der Waals surface area contributed by atoms with Gasteiger partial charge in [0.2, 0.25) is 0 Å². The minimum Gasteiger partial charge on any atom is -0.495 e. The fourth-order valence-corrected chi connectivity index (χ4v) is 1.97. The lowest BCUT2D eigenvalue weighted by molar-refractivity contribution is 0.159. The predicted molar refractivity (Wildman–Crippen MR) is 70.6 cm³/mol. The molecule has 0 unspecified atom stereocenters. The highest BCUT2D eigenvalue weighted by atomic mass is 35.5. The first-order chi connectivity index (χ1) is 8.08. The van der Waals surface area contributed by atoms with Gasteiger partial charge in [-0.15, -0.1) is 0 Å². The molecule has 0 saturated carbocycles. The molecule has 17 heavy (non-hydrogen) atoms. The molecule has 4 heteroatoms. The SMILES string of the molecule is COc1ccc(CN(CCO)C(C)C)cc1Cl. The Morgan fingerprint density at radius 1 is 1.41 bits per heavy atom. The Morgan fingerprint density at radius 2 is 2.12 bits per heavy atom. The van der Waals surface area contributed by atoms with Crippen LogP contribution in [0.3, 0.4) is 0 Å². The number of methoxy groups -OCH3 is 1. The van der Waals surface area contributed by atoms with Gasteiger partial charge in [0.05, 0.1) is 18.7 Å². The molecule has 1 aromatic rings. The zero-order valence-electron chi connectivity index (χ0n) is 10.6. The normalized spacial score (nSPS) is 11.2. The van der Waals surface area contributed by atoms with Crippen molar-refractivity contribution in [3.63, 3.8) is 0 Å². The lowest BCUT2D eigenvalue weighted by Gasteiger charge is -2.25. The maximum Gasteiger partial charge on any atom is 0.137 e. The van der Waals surface area contributed by atoms with E-state index in [1.54, 1.807) is 7.11 Å². The summed E-state index contributed by atoms with van der Waals surface area (Å²) in [4.78, 5) is 2.19. The van der Waals surface area contributed by atoms with Crippen LogP contribution in [0.25, 0.3) is 0 Å². The Labute approximate surface area is 108 Å². The molecule has 0 bridgehead atoms. The number of aliphatic hydroxyl groups excluding tert-OH is 1. The maximum absolute atomic E-state index is 9.01. The molecule has 0 amide bonds. The van der Waals surface area contributed by atoms with Crippen LogP contribution in [0, 0.1) is 0 Å². The summed E-state index contributed by atoms with van der Waals surface area (Å²) in [5.41, 5.74) is 1.12. The second-order valence-corrected chi connectivity index (χ2v) is 4.66. The molecule has 0 fully saturated rings. The summed E-state index contributed by atoms with van der Waals surface area (Å²) in [6, 6.07) is 6.17. The van der Waals surface area contributed by atoms with Gasteiger partial charge in [-0.05, 0) is 31.5 Å². The molecule has 0 saturated heterocycles. The van der Waals surface area contributed by atoms with Gasteiger partial charge in [-0.25, -0.2) is 0 Å². The van der Waals surface area contributed by atoms with Gasteiger partial charge < -0.3 is 9.84 Å². The molecule has 0 aliphatic heterocycles. The first-order valence-corrected chi connectivity index (χ1v) is 6.13. The summed E-state index contributed by atoms with van der Waals surface area (Å²) < 4.78 is 5.11. The highest BCUT2D eigenvalue weighted by Crippen LogP contribution is 2.25. The molecule has 0 aliphatic rings. The standard InChI is InChI=1S/C13H20ClNO2/c1-10(2)15(6-7-16)9-11-4-5-13(17-3)12(14)8-11/h4-5,8,10,16H,6-7,9H2,1-3H3. The van der Waals surface area contributed by atoms with Crippen molar-refractivity contribution in [1.29, 1.82) is 0 Å². The van der Waals surface area contributed by atoms with Crippen molar-refractivity contribution < 1.29 is 9.84 Å². The summed E-state index contributed by atoms with van der Waals surface area (Å²) in [6.45, 7) is 5.84. The minimum atomic E-state index is 0.169. The third-order valence-electron chi connectivity index (χ3n) is 2.72. The van der Waals surface area contributed by atoms with E-state index in [1.165, 1.54) is 0 Å². The van der Waals surface area contributed by atoms with E-state index in [2.05, 4.69) is 18.7 Å². The molecule has 1 rings (SSSR count). The summed E-state index contributed by atoms with van der Waals surface area (Å²) in [5, 5.41) is 9.64. The molecule has 1 aromatic carbocycles. The minimum absolute atomic E-state index is 0.169. The third-order valence-corrected chi connectivity index (χ3v) is 3.01. The number of rotatable bonds is 6. The number of hydrogen-bond acceptors (Lipinski definition) is 3. The van der Waals surface area contributed by atoms with Crippen molar-refractivity contribution in [3.05, 3.63) is 28.8 Å². The average Bonchev–Trinajstić information content (AvgIpc) is 2.28. The summed E-state index contributed by atoms with van der Waals surface area (Å²) in [6.07, 6.45) is 0. The highest BCUT2D eigenvalue weighted by Gasteiger charge is 2.10. The van der Waals surface area contributed by atoms with Gasteiger partial charge in [0.15, 0.2) is 0 Å². The largest absolute Gasteiger partial charge is 0.495 e. The summed E-state index contributed by atoms with van der Waals surface area (Å²) in [7, 11) is 1.60. The third kappa shape index (κ3) is 4.19. The van der Waals surface area contributed by atoms with Crippen molar-refractivity contribution in [1.82, 2.24) is 4.90 Å². The first-order valence-electron chi connectivity index (χ1n) is 5.75. The fraction of sp³-hybridized carbons (Fsp3) is 0.538. The Kier molecular flexibility index (Phi) is 5.75. The van der Waals surface area contributed by atoms with E-state index < -0.39 is 0 Å². The Hall–Kier alpha value is -0.770. The summed E-state index contributed by atoms with van der Waals surface area (Å²) in [5.74, 6) is 0.689. The zero-order chi connectivity index (χ0) is 12.8. The Bertz CT molecular complexity index is 355. The van der Waals surface area contributed by atoms with E-state index in [0.29, 0.717) is 23.4 Å². The van der Waals surface area contributed by atoms with Crippen LogP contribution in [-0.4, -0.2) is 36.3 Å². The summed E-state index contributed by atoms with van der Waals surface area (Å²) >= 11 is 6.08. The number of ether oxygens (including phenoxy) is 1. The number of aliphatic hydroxyl groups is 1. The maximum atomic E-state index is 9.01. The lowest BCUT2D eigenvalue weighted by Crippen LogP contribution is -2.32. The van der Waals surface area contributed by atoms with E-state index >= 15 is 0 Å². The van der Waals surface area contributed by atoms with Crippen molar-refractivity contribution in [3.8, 4) is 5.75 Å². The van der Waals surface area contributed by atoms with Gasteiger partial charge in [0, 0.05) is 19.1 Å². The molecule has 0 aromatic heterocycles. The van der Waals surface area contributed by atoms with Crippen LogP contribution in [0.15, 0.2) is 18.2 Å². The molecular formula is C13H20ClNO2. The second-order valence-electron chi connectivity index (χ2n) is 4.26. The Morgan fingerprint density at radius 3 is 2.59 bits per heavy atom. The zero-order valence-corrected chi connectivity index (χ0v) is 11.4. The van der Waals surface area contributed by atoms with Crippen molar-refractivity contribution in [2.24, 2.45) is 0 Å². The van der Waals surface area contributed by atoms with E-state index in [0.717, 1.165) is 12.1 Å². The highest BCUT2D eigenvalue weighted by molar-refractivity contribution is 6.32. The number of halogens is 1. The quantitative estimate of drug-likeness (QED) is 0.850. The van der Waals surface area contributed by atoms with Crippen molar-refractivity contribution >= 4 is 11.6 Å². The smallest absolute Gasteiger partial charge is 0.137 e. The van der Waals surface area contributed by atoms with E-state index in [9.17, 15) is 0 Å². The van der Waals surface area contributed by atoms with E-state index in [1.807, 2.05) is 18.2 Å². The molecular weight excluding hydrogens is 238 g/mol. The van der Waals surface area contributed by atoms with Crippen LogP contribution in [0.1, 0.15) is 19.4 Å². The van der Waals surface area contributed by atoms with Crippen LogP contribution in [0.5, 0.6) is 5.75 Å². The van der Waals surface area contributed by atoms with Gasteiger partial charge >= 0.3 is 0 Å². The van der Waals surface area contributed by atoms with Crippen LogP contribution >= 0.6 is 11.6 Å². The number of nitrogens with zero attached hydrogens (tertiary/aromatic N) is 1. The fourth-order valence-electron chi connectivity index (χ4n) is 1.69. The number of hydrogen-bond donors (Lipinski definition) is 1. The molecule has 0 radical (unpaired) electrons. The van der Waals surface area contributed by atoms with E-state index in [4.69, 9.17) is 21.4 Å². The molecule has 3 nitrogen and oxygen atoms in total. The molecule has 0 spiro atoms. The van der Waals surface area contributed by atoms with Gasteiger partial charge in [0.25, 0.3) is 0 Å². The molecule has 0 aliphatic carbocycles. The van der Waals surface area contributed by atoms with Crippen LogP contribution in [0.4, 0.5) is 0 Å². The van der Waals surface area contributed by atoms with Crippen molar-refractivity contribution in [2.75, 3.05) is 20.3 Å². The molecule has 0 atom stereocenters. The van der Waals surface area contributed by atoms with Crippen LogP contribution in [-0.2, 0) is 6.54 Å². The Balaban J connectivity index is 2.76. The number of benzene rings is 1. The topological polar surface area (TPSA) is 32.7 Å². The first kappa shape index (κ1) is 14.3. The van der Waals surface area contributed by atoms with Crippen LogP contribution < -0.4 is 4.74 Å². The lowest BCUT2D eigenvalue weighted by atomic mass is 10.2. The van der Waals surface area contributed by atoms with Crippen molar-refractivity contribution in [2.45, 2.75) is 26.4 Å². The second kappa shape index (κ2) is 6.84. The predicted octanol–water partition coefficient (Wildman–Crippen LogP) is 2.55. The molecule has 0 heterocycles. The molecule has 1 N–H and O–H groups in total. The monoisotopic (exact) mass is 257 g/mol. The average molecular weight is 258 g/mol. The van der Waals surface area contributed by atoms with Gasteiger partial charge in [-0.1, -0.05) is 17.7 Å². The van der Waals surface area contributed by atoms with Gasteiger partial charge in [-0.2, -0.15) is 0 Å². The van der Waals surface area contributed by atoms with E-state index in [-0.39, 0.29) is 6.61 Å².